The first-order valence-electron chi connectivity index (χ1n) is 8.39. The molecule has 0 saturated heterocycles. The smallest absolute Gasteiger partial charge is 0.275 e. The van der Waals surface area contributed by atoms with E-state index < -0.39 is 15.8 Å². The molecule has 0 atom stereocenters. The first-order chi connectivity index (χ1) is 14.4. The molecule has 1 amide bonds. The van der Waals surface area contributed by atoms with Gasteiger partial charge in [0.1, 0.15) is 17.3 Å². The maximum atomic E-state index is 12.3. The number of nitrogens with one attached hydrogen (secondary N) is 1. The molecule has 2 aromatic carbocycles. The topological polar surface area (TPSA) is 150 Å². The Morgan fingerprint density at radius 3 is 2.50 bits per heavy atom. The molecule has 0 fully saturated rings. The number of rotatable bonds is 7. The van der Waals surface area contributed by atoms with E-state index in [9.17, 15) is 25.0 Å². The predicted octanol–water partition coefficient (Wildman–Crippen LogP) is 3.54. The van der Waals surface area contributed by atoms with Crippen molar-refractivity contribution in [1.29, 1.82) is 0 Å². The number of carbonyl (C=O) groups is 1. The molecule has 0 radical (unpaired) electrons. The van der Waals surface area contributed by atoms with E-state index in [0.29, 0.717) is 11.3 Å². The van der Waals surface area contributed by atoms with Gasteiger partial charge in [-0.1, -0.05) is 12.1 Å². The first-order valence-corrected chi connectivity index (χ1v) is 8.39. The predicted molar refractivity (Wildman–Crippen MR) is 106 cm³/mol. The summed E-state index contributed by atoms with van der Waals surface area (Å²) in [6.45, 7) is 0. The summed E-state index contributed by atoms with van der Waals surface area (Å²) in [5.41, 5.74) is 2.36. The molecule has 152 valence electrons. The van der Waals surface area contributed by atoms with Crippen LogP contribution in [-0.4, -0.2) is 29.1 Å². The summed E-state index contributed by atoms with van der Waals surface area (Å²) in [6.07, 6.45) is 1.22. The fourth-order valence-corrected chi connectivity index (χ4v) is 2.55. The highest BCUT2D eigenvalue weighted by atomic mass is 16.6. The second-order valence-electron chi connectivity index (χ2n) is 5.85. The molecule has 3 aromatic rings. The Hall–Kier alpha value is -4.54. The molecule has 11 heteroatoms. The Morgan fingerprint density at radius 2 is 1.80 bits per heavy atom. The standard InChI is InChI=1S/C19H14N4O7/c1-29-18-7-5-14(23(27)28)10-16(18)19(24)21-20-11-15-6-8-17(30-15)12-3-2-4-13(9-12)22(25)26/h2-11H,1H3,(H,21,24)/b20-11-. The Morgan fingerprint density at radius 1 is 1.07 bits per heavy atom. The molecule has 11 nitrogen and oxygen atoms in total. The van der Waals surface area contributed by atoms with Gasteiger partial charge in [0.2, 0.25) is 0 Å². The second-order valence-corrected chi connectivity index (χ2v) is 5.85. The lowest BCUT2D eigenvalue weighted by molar-refractivity contribution is -0.385. The SMILES string of the molecule is COc1ccc([N+](=O)[O-])cc1C(=O)N/N=C\c1ccc(-c2cccc([N+](=O)[O-])c2)o1. The number of carbonyl (C=O) groups excluding carboxylic acids is 1. The van der Waals surface area contributed by atoms with Gasteiger partial charge in [-0.25, -0.2) is 5.43 Å². The molecule has 1 N–H and O–H groups in total. The van der Waals surface area contributed by atoms with Gasteiger partial charge in [0.15, 0.2) is 0 Å². The number of non-ortho nitro benzene ring substituents is 2. The summed E-state index contributed by atoms with van der Waals surface area (Å²) in [5.74, 6) is 0.103. The number of methoxy groups -OCH3 is 1. The highest BCUT2D eigenvalue weighted by Gasteiger charge is 2.17. The van der Waals surface area contributed by atoms with E-state index >= 15 is 0 Å². The average Bonchev–Trinajstić information content (AvgIpc) is 3.22. The Kier molecular flexibility index (Phi) is 5.82. The highest BCUT2D eigenvalue weighted by molar-refractivity contribution is 5.98. The van der Waals surface area contributed by atoms with Gasteiger partial charge in [-0.2, -0.15) is 5.10 Å². The summed E-state index contributed by atoms with van der Waals surface area (Å²) in [5, 5.41) is 25.6. The maximum Gasteiger partial charge on any atom is 0.275 e. The monoisotopic (exact) mass is 410 g/mol. The zero-order valence-corrected chi connectivity index (χ0v) is 15.5. The number of nitrogens with zero attached hydrogens (tertiary/aromatic N) is 3. The lowest BCUT2D eigenvalue weighted by atomic mass is 10.1. The van der Waals surface area contributed by atoms with E-state index in [-0.39, 0.29) is 28.4 Å². The number of hydrogen-bond acceptors (Lipinski definition) is 8. The minimum Gasteiger partial charge on any atom is -0.496 e. The van der Waals surface area contributed by atoms with Crippen LogP contribution in [0.15, 0.2) is 64.1 Å². The molecule has 30 heavy (non-hydrogen) atoms. The van der Waals surface area contributed by atoms with E-state index in [0.717, 1.165) is 6.07 Å². The van der Waals surface area contributed by atoms with Crippen molar-refractivity contribution in [3.63, 3.8) is 0 Å². The van der Waals surface area contributed by atoms with Gasteiger partial charge in [0, 0.05) is 29.8 Å². The third-order valence-corrected chi connectivity index (χ3v) is 3.96. The molecular formula is C19H14N4O7. The number of ether oxygens (including phenoxy) is 1. The zero-order chi connectivity index (χ0) is 21.7. The molecular weight excluding hydrogens is 396 g/mol. The fourth-order valence-electron chi connectivity index (χ4n) is 2.55. The van der Waals surface area contributed by atoms with Crippen LogP contribution >= 0.6 is 0 Å². The highest BCUT2D eigenvalue weighted by Crippen LogP contribution is 2.26. The van der Waals surface area contributed by atoms with E-state index in [1.165, 1.54) is 43.7 Å². The molecule has 0 saturated carbocycles. The summed E-state index contributed by atoms with van der Waals surface area (Å²) in [6, 6.07) is 12.7. The summed E-state index contributed by atoms with van der Waals surface area (Å²) in [7, 11) is 1.33. The van der Waals surface area contributed by atoms with Crippen LogP contribution in [0.5, 0.6) is 5.75 Å². The Labute approximate surface area is 168 Å². The van der Waals surface area contributed by atoms with E-state index in [1.54, 1.807) is 18.2 Å². The number of benzene rings is 2. The lowest BCUT2D eigenvalue weighted by Crippen LogP contribution is -2.18. The summed E-state index contributed by atoms with van der Waals surface area (Å²) < 4.78 is 10.6. The zero-order valence-electron chi connectivity index (χ0n) is 15.5. The van der Waals surface area contributed by atoms with E-state index in [1.807, 2.05) is 0 Å². The van der Waals surface area contributed by atoms with Gasteiger partial charge < -0.3 is 9.15 Å². The number of amides is 1. The normalized spacial score (nSPS) is 10.7. The van der Waals surface area contributed by atoms with Crippen molar-refractivity contribution in [2.24, 2.45) is 5.10 Å². The number of hydrogen-bond donors (Lipinski definition) is 1. The molecule has 1 heterocycles. The van der Waals surface area contributed by atoms with Gasteiger partial charge in [0.25, 0.3) is 17.3 Å². The summed E-state index contributed by atoms with van der Waals surface area (Å²) >= 11 is 0. The third kappa shape index (κ3) is 4.47. The van der Waals surface area contributed by atoms with Gasteiger partial charge in [-0.05, 0) is 18.2 Å². The molecule has 3 rings (SSSR count). The third-order valence-electron chi connectivity index (χ3n) is 3.96. The maximum absolute atomic E-state index is 12.3. The Balaban J connectivity index is 1.73. The molecule has 0 aliphatic carbocycles. The van der Waals surface area contributed by atoms with Gasteiger partial charge >= 0.3 is 0 Å². The number of furan rings is 1. The van der Waals surface area contributed by atoms with Crippen molar-refractivity contribution >= 4 is 23.5 Å². The minimum absolute atomic E-state index is 0.0550. The number of hydrazone groups is 1. The fraction of sp³-hybridized carbons (Fsp3) is 0.0526. The van der Waals surface area contributed by atoms with E-state index in [2.05, 4.69) is 10.5 Å². The quantitative estimate of drug-likeness (QED) is 0.355. The number of nitro benzene ring substituents is 2. The first kappa shape index (κ1) is 20.2. The van der Waals surface area contributed by atoms with Crippen LogP contribution in [-0.2, 0) is 0 Å². The summed E-state index contributed by atoms with van der Waals surface area (Å²) in [4.78, 5) is 32.9. The average molecular weight is 410 g/mol. The van der Waals surface area contributed by atoms with E-state index in [4.69, 9.17) is 9.15 Å². The largest absolute Gasteiger partial charge is 0.496 e. The van der Waals surface area contributed by atoms with Crippen molar-refractivity contribution in [2.75, 3.05) is 7.11 Å². The molecule has 0 unspecified atom stereocenters. The Bertz CT molecular complexity index is 1150. The van der Waals surface area contributed by atoms with Gasteiger partial charge in [0.05, 0.1) is 28.7 Å². The van der Waals surface area contributed by atoms with Crippen molar-refractivity contribution in [2.45, 2.75) is 0 Å². The molecule has 0 bridgehead atoms. The van der Waals surface area contributed by atoms with Crippen molar-refractivity contribution in [3.05, 3.63) is 86.1 Å². The minimum atomic E-state index is -0.711. The molecule has 1 aromatic heterocycles. The molecule has 0 spiro atoms. The van der Waals surface area contributed by atoms with Crippen LogP contribution in [0.2, 0.25) is 0 Å². The van der Waals surface area contributed by atoms with Crippen molar-refractivity contribution in [3.8, 4) is 17.1 Å². The van der Waals surface area contributed by atoms with Crippen LogP contribution in [0, 0.1) is 20.2 Å². The lowest BCUT2D eigenvalue weighted by Gasteiger charge is -2.06. The second kappa shape index (κ2) is 8.65. The molecule has 0 aliphatic rings. The van der Waals surface area contributed by atoms with Crippen molar-refractivity contribution < 1.29 is 23.8 Å². The van der Waals surface area contributed by atoms with Gasteiger partial charge in [-0.3, -0.25) is 25.0 Å². The van der Waals surface area contributed by atoms with Crippen LogP contribution in [0.4, 0.5) is 11.4 Å². The van der Waals surface area contributed by atoms with Crippen LogP contribution < -0.4 is 10.2 Å². The van der Waals surface area contributed by atoms with Crippen LogP contribution in [0.25, 0.3) is 11.3 Å². The van der Waals surface area contributed by atoms with Crippen LogP contribution in [0.3, 0.4) is 0 Å². The van der Waals surface area contributed by atoms with Crippen LogP contribution in [0.1, 0.15) is 16.1 Å². The van der Waals surface area contributed by atoms with Crippen molar-refractivity contribution in [1.82, 2.24) is 5.43 Å². The number of nitro groups is 2. The molecule has 0 aliphatic heterocycles. The van der Waals surface area contributed by atoms with Gasteiger partial charge in [-0.15, -0.1) is 0 Å².